The Morgan fingerprint density at radius 3 is 1.83 bits per heavy atom. The maximum Gasteiger partial charge on any atom is 0.305 e. The number of esters is 1. The Kier molecular flexibility index (Phi) is 17.9. The quantitative estimate of drug-likeness (QED) is 0.159. The van der Waals surface area contributed by atoms with E-state index >= 15 is 0 Å². The summed E-state index contributed by atoms with van der Waals surface area (Å²) in [6.07, 6.45) is 22.0. The Bertz CT molecular complexity index is 294. The fraction of sp³-hybridized carbons (Fsp3) is 0.864. The van der Waals surface area contributed by atoms with Gasteiger partial charge in [-0.15, -0.1) is 0 Å². The highest BCUT2D eigenvalue weighted by atomic mass is 16.5. The van der Waals surface area contributed by atoms with Crippen LogP contribution < -0.4 is 0 Å². The van der Waals surface area contributed by atoms with Crippen LogP contribution in [-0.4, -0.2) is 12.6 Å². The molecule has 0 fully saturated rings. The van der Waals surface area contributed by atoms with Crippen molar-refractivity contribution in [3.63, 3.8) is 0 Å². The first-order valence-corrected chi connectivity index (χ1v) is 10.5. The van der Waals surface area contributed by atoms with Crippen molar-refractivity contribution < 1.29 is 9.53 Å². The van der Waals surface area contributed by atoms with Crippen LogP contribution in [0.25, 0.3) is 0 Å². The number of carbonyl (C=O) groups is 1. The molecule has 0 aliphatic heterocycles. The first-order valence-electron chi connectivity index (χ1n) is 10.5. The van der Waals surface area contributed by atoms with Crippen molar-refractivity contribution in [1.82, 2.24) is 0 Å². The number of rotatable bonds is 17. The molecule has 2 heteroatoms. The first-order chi connectivity index (χ1) is 11.7. The smallest absolute Gasteiger partial charge is 0.305 e. The number of ether oxygens (including phenoxy) is 1. The summed E-state index contributed by atoms with van der Waals surface area (Å²) in [5, 5.41) is 0. The summed E-state index contributed by atoms with van der Waals surface area (Å²) in [5.74, 6) is 0.407. The average Bonchev–Trinajstić information content (AvgIpc) is 2.56. The van der Waals surface area contributed by atoms with Crippen LogP contribution in [0.5, 0.6) is 0 Å². The lowest BCUT2D eigenvalue weighted by atomic mass is 10.1. The van der Waals surface area contributed by atoms with E-state index in [1.807, 2.05) is 0 Å². The molecule has 0 aliphatic carbocycles. The molecular weight excluding hydrogens is 296 g/mol. The second kappa shape index (κ2) is 18.5. The number of unbranched alkanes of at least 4 members (excludes halogenated alkanes) is 11. The summed E-state index contributed by atoms with van der Waals surface area (Å²) >= 11 is 0. The van der Waals surface area contributed by atoms with Gasteiger partial charge in [-0.25, -0.2) is 0 Å². The molecule has 0 unspecified atom stereocenters. The van der Waals surface area contributed by atoms with E-state index in [1.165, 1.54) is 70.6 Å². The number of carbonyl (C=O) groups excluding carboxylic acids is 1. The summed E-state index contributed by atoms with van der Waals surface area (Å²) in [4.78, 5) is 11.5. The molecule has 0 rings (SSSR count). The maximum absolute atomic E-state index is 11.5. The molecule has 0 aromatic heterocycles. The second-order valence-electron chi connectivity index (χ2n) is 7.41. The van der Waals surface area contributed by atoms with Crippen LogP contribution in [0.4, 0.5) is 0 Å². The summed E-state index contributed by atoms with van der Waals surface area (Å²) in [5.41, 5.74) is 0. The van der Waals surface area contributed by atoms with Crippen molar-refractivity contribution in [2.75, 3.05) is 6.61 Å². The van der Waals surface area contributed by atoms with E-state index in [4.69, 9.17) is 4.74 Å². The van der Waals surface area contributed by atoms with Gasteiger partial charge in [0, 0.05) is 6.42 Å². The molecular formula is C22H42O2. The second-order valence-corrected chi connectivity index (χ2v) is 7.41. The van der Waals surface area contributed by atoms with Gasteiger partial charge in [0.2, 0.25) is 0 Å². The molecule has 0 heterocycles. The fourth-order valence-electron chi connectivity index (χ4n) is 2.67. The highest BCUT2D eigenvalue weighted by Gasteiger charge is 2.03. The third kappa shape index (κ3) is 19.3. The number of hydrogen-bond acceptors (Lipinski definition) is 2. The van der Waals surface area contributed by atoms with Gasteiger partial charge in [-0.05, 0) is 38.0 Å². The zero-order chi connectivity index (χ0) is 17.9. The zero-order valence-electron chi connectivity index (χ0n) is 16.7. The molecule has 0 amide bonds. The molecule has 24 heavy (non-hydrogen) atoms. The lowest BCUT2D eigenvalue weighted by molar-refractivity contribution is -0.144. The Morgan fingerprint density at radius 1 is 0.792 bits per heavy atom. The molecule has 0 spiro atoms. The fourth-order valence-corrected chi connectivity index (χ4v) is 2.67. The van der Waals surface area contributed by atoms with Gasteiger partial charge in [0.05, 0.1) is 6.61 Å². The van der Waals surface area contributed by atoms with Gasteiger partial charge < -0.3 is 4.74 Å². The molecule has 0 aliphatic rings. The van der Waals surface area contributed by atoms with E-state index in [0.29, 0.717) is 18.9 Å². The van der Waals surface area contributed by atoms with Crippen LogP contribution in [-0.2, 0) is 9.53 Å². The Labute approximate surface area is 151 Å². The summed E-state index contributed by atoms with van der Waals surface area (Å²) in [6.45, 7) is 6.96. The molecule has 0 N–H and O–H groups in total. The van der Waals surface area contributed by atoms with Crippen LogP contribution in [0.2, 0.25) is 0 Å². The topological polar surface area (TPSA) is 26.3 Å². The maximum atomic E-state index is 11.5. The molecule has 0 atom stereocenters. The van der Waals surface area contributed by atoms with Crippen molar-refractivity contribution in [3.05, 3.63) is 12.2 Å². The zero-order valence-corrected chi connectivity index (χ0v) is 16.7. The van der Waals surface area contributed by atoms with Crippen molar-refractivity contribution in [2.45, 2.75) is 111 Å². The van der Waals surface area contributed by atoms with Gasteiger partial charge in [-0.1, -0.05) is 84.3 Å². The Morgan fingerprint density at radius 2 is 1.29 bits per heavy atom. The predicted octanol–water partition coefficient (Wildman–Crippen LogP) is 7.22. The first kappa shape index (κ1) is 23.2. The van der Waals surface area contributed by atoms with Gasteiger partial charge >= 0.3 is 5.97 Å². The minimum Gasteiger partial charge on any atom is -0.465 e. The molecule has 2 nitrogen and oxygen atoms in total. The van der Waals surface area contributed by atoms with E-state index in [0.717, 1.165) is 12.8 Å². The van der Waals surface area contributed by atoms with Crippen LogP contribution in [0.15, 0.2) is 12.2 Å². The molecule has 0 saturated carbocycles. The molecule has 0 bridgehead atoms. The summed E-state index contributed by atoms with van der Waals surface area (Å²) < 4.78 is 5.17. The Balaban J connectivity index is 3.19. The van der Waals surface area contributed by atoms with E-state index in [2.05, 4.69) is 32.9 Å². The average molecular weight is 339 g/mol. The van der Waals surface area contributed by atoms with E-state index < -0.39 is 0 Å². The number of allylic oxidation sites excluding steroid dienone is 2. The van der Waals surface area contributed by atoms with Gasteiger partial charge in [0.15, 0.2) is 0 Å². The van der Waals surface area contributed by atoms with E-state index in [9.17, 15) is 4.79 Å². The van der Waals surface area contributed by atoms with Crippen molar-refractivity contribution in [1.29, 1.82) is 0 Å². The van der Waals surface area contributed by atoms with E-state index in [1.54, 1.807) is 0 Å². The van der Waals surface area contributed by atoms with Gasteiger partial charge in [0.1, 0.15) is 0 Å². The summed E-state index contributed by atoms with van der Waals surface area (Å²) in [6, 6.07) is 0. The van der Waals surface area contributed by atoms with E-state index in [-0.39, 0.29) is 5.97 Å². The van der Waals surface area contributed by atoms with Crippen molar-refractivity contribution in [3.8, 4) is 0 Å². The molecule has 0 saturated heterocycles. The highest BCUT2D eigenvalue weighted by molar-refractivity contribution is 5.69. The van der Waals surface area contributed by atoms with Crippen LogP contribution in [0, 0.1) is 5.92 Å². The monoisotopic (exact) mass is 338 g/mol. The number of hydrogen-bond donors (Lipinski definition) is 0. The van der Waals surface area contributed by atoms with Gasteiger partial charge in [-0.2, -0.15) is 0 Å². The van der Waals surface area contributed by atoms with Crippen LogP contribution in [0.3, 0.4) is 0 Å². The Hall–Kier alpha value is -0.790. The molecule has 142 valence electrons. The highest BCUT2D eigenvalue weighted by Crippen LogP contribution is 2.10. The van der Waals surface area contributed by atoms with Crippen molar-refractivity contribution >= 4 is 5.97 Å². The third-order valence-electron chi connectivity index (χ3n) is 4.22. The summed E-state index contributed by atoms with van der Waals surface area (Å²) in [7, 11) is 0. The van der Waals surface area contributed by atoms with Crippen molar-refractivity contribution in [2.24, 2.45) is 5.92 Å². The SMILES string of the molecule is CCCCCCCC/C=C\CCCCCCCC(=O)OCC(C)C. The lowest BCUT2D eigenvalue weighted by Crippen LogP contribution is -2.09. The minimum atomic E-state index is -0.0265. The predicted molar refractivity (Wildman–Crippen MR) is 105 cm³/mol. The molecule has 0 aromatic carbocycles. The van der Waals surface area contributed by atoms with Gasteiger partial charge in [0.25, 0.3) is 0 Å². The van der Waals surface area contributed by atoms with Crippen LogP contribution >= 0.6 is 0 Å². The minimum absolute atomic E-state index is 0.0265. The third-order valence-corrected chi connectivity index (χ3v) is 4.22. The van der Waals surface area contributed by atoms with Crippen LogP contribution in [0.1, 0.15) is 111 Å². The molecule has 0 aromatic rings. The molecule has 0 radical (unpaired) electrons. The normalized spacial score (nSPS) is 11.5. The largest absolute Gasteiger partial charge is 0.465 e. The van der Waals surface area contributed by atoms with Gasteiger partial charge in [-0.3, -0.25) is 4.79 Å². The lowest BCUT2D eigenvalue weighted by Gasteiger charge is -2.06. The standard InChI is InChI=1S/C22H42O2/c1-4-5-6-7-8-9-10-11-12-13-14-15-16-17-18-19-22(23)24-20-21(2)3/h11-12,21H,4-10,13-20H2,1-3H3/b12-11-.